The molecular weight excluding hydrogens is 537 g/mol. The molecule has 0 saturated carbocycles. The van der Waals surface area contributed by atoms with Crippen molar-refractivity contribution in [3.8, 4) is 0 Å². The van der Waals surface area contributed by atoms with Gasteiger partial charge in [-0.1, -0.05) is 0 Å². The Hall–Kier alpha value is -3.13. The molecule has 2 aliphatic heterocycles. The summed E-state index contributed by atoms with van der Waals surface area (Å²) in [4.78, 5) is 45.3. The van der Waals surface area contributed by atoms with Crippen molar-refractivity contribution < 1.29 is 32.4 Å². The number of aromatic nitrogens is 2. The quantitative estimate of drug-likeness (QED) is 0.599. The second-order valence-corrected chi connectivity index (χ2v) is 9.08. The number of carbonyl (C=O) groups excluding carboxylic acids is 3. The molecule has 0 bridgehead atoms. The molecule has 2 N–H and O–H groups in total. The largest absolute Gasteiger partial charge is 0.348 e. The monoisotopic (exact) mass is 558 g/mol. The summed E-state index contributed by atoms with van der Waals surface area (Å²) in [5.41, 5.74) is 1.64. The van der Waals surface area contributed by atoms with E-state index in [1.54, 1.807) is 0 Å². The van der Waals surface area contributed by atoms with Gasteiger partial charge in [-0.3, -0.25) is 19.1 Å². The molecule has 2 atom stereocenters. The Kier molecular flexibility index (Phi) is 7.03. The van der Waals surface area contributed by atoms with Gasteiger partial charge in [0.25, 0.3) is 18.2 Å². The van der Waals surface area contributed by atoms with Gasteiger partial charge in [0.15, 0.2) is 6.10 Å². The number of halogens is 4. The fourth-order valence-electron chi connectivity index (χ4n) is 4.01. The SMILES string of the molecule is CC1Cc2nn3c(c2CN1C(=O)Nc1ccc(F)c(Br)c1)C(=O)N(C)OC(C(=O)NCC(F)F)C3. The molecule has 188 valence electrons. The van der Waals surface area contributed by atoms with Crippen molar-refractivity contribution in [1.82, 2.24) is 25.1 Å². The van der Waals surface area contributed by atoms with Crippen LogP contribution in [0.1, 0.15) is 28.7 Å². The molecule has 4 amide bonds. The second-order valence-electron chi connectivity index (χ2n) is 8.23. The Morgan fingerprint density at radius 2 is 2.09 bits per heavy atom. The van der Waals surface area contributed by atoms with E-state index in [2.05, 4.69) is 31.7 Å². The lowest BCUT2D eigenvalue weighted by molar-refractivity contribution is -0.168. The Bertz CT molecular complexity index is 1180. The van der Waals surface area contributed by atoms with Gasteiger partial charge >= 0.3 is 6.03 Å². The van der Waals surface area contributed by atoms with Crippen LogP contribution in [0, 0.1) is 5.82 Å². The average molecular weight is 559 g/mol. The van der Waals surface area contributed by atoms with Gasteiger partial charge in [0.05, 0.1) is 29.8 Å². The fourth-order valence-corrected chi connectivity index (χ4v) is 4.39. The van der Waals surface area contributed by atoms with Gasteiger partial charge in [-0.2, -0.15) is 5.10 Å². The summed E-state index contributed by atoms with van der Waals surface area (Å²) in [7, 11) is 1.31. The molecule has 0 aliphatic carbocycles. The molecule has 10 nitrogen and oxygen atoms in total. The predicted octanol–water partition coefficient (Wildman–Crippen LogP) is 2.53. The van der Waals surface area contributed by atoms with Crippen LogP contribution in [0.15, 0.2) is 22.7 Å². The summed E-state index contributed by atoms with van der Waals surface area (Å²) in [6, 6.07) is 3.36. The summed E-state index contributed by atoms with van der Waals surface area (Å²) >= 11 is 3.08. The summed E-state index contributed by atoms with van der Waals surface area (Å²) in [6.45, 7) is 0.871. The van der Waals surface area contributed by atoms with E-state index in [1.807, 2.05) is 6.92 Å². The van der Waals surface area contributed by atoms with Crippen LogP contribution in [0.3, 0.4) is 0 Å². The number of carbonyl (C=O) groups is 3. The van der Waals surface area contributed by atoms with Crippen molar-refractivity contribution in [3.05, 3.63) is 45.4 Å². The highest BCUT2D eigenvalue weighted by Gasteiger charge is 2.39. The standard InChI is InChI=1S/C21H22BrF3N6O4/c1-10-5-15-12(8-30(10)21(34)27-11-3-4-14(23)13(22)6-11)18-20(33)29(2)35-16(9-31(18)28-15)19(32)26-7-17(24)25/h3-4,6,10,16-17H,5,7-9H2,1-2H3,(H,26,32)(H,27,34). The minimum atomic E-state index is -2.73. The number of hydrogen-bond acceptors (Lipinski definition) is 5. The van der Waals surface area contributed by atoms with Crippen molar-refractivity contribution >= 4 is 39.5 Å². The van der Waals surface area contributed by atoms with Crippen LogP contribution in [-0.2, 0) is 29.1 Å². The van der Waals surface area contributed by atoms with E-state index >= 15 is 0 Å². The Morgan fingerprint density at radius 3 is 2.77 bits per heavy atom. The molecule has 3 heterocycles. The zero-order valence-corrected chi connectivity index (χ0v) is 20.3. The molecule has 1 aromatic carbocycles. The normalized spacial score (nSPS) is 19.8. The first kappa shape index (κ1) is 25.0. The number of benzene rings is 1. The predicted molar refractivity (Wildman–Crippen MR) is 120 cm³/mol. The zero-order valence-electron chi connectivity index (χ0n) is 18.7. The van der Waals surface area contributed by atoms with E-state index in [9.17, 15) is 27.6 Å². The molecule has 14 heteroatoms. The highest BCUT2D eigenvalue weighted by molar-refractivity contribution is 9.10. The molecule has 0 spiro atoms. The lowest BCUT2D eigenvalue weighted by atomic mass is 9.99. The molecule has 2 aliphatic rings. The summed E-state index contributed by atoms with van der Waals surface area (Å²) < 4.78 is 40.0. The number of amides is 4. The minimum Gasteiger partial charge on any atom is -0.348 e. The second kappa shape index (κ2) is 9.85. The third-order valence-corrected chi connectivity index (χ3v) is 6.36. The van der Waals surface area contributed by atoms with Crippen molar-refractivity contribution in [2.45, 2.75) is 45.0 Å². The van der Waals surface area contributed by atoms with E-state index < -0.39 is 42.7 Å². The van der Waals surface area contributed by atoms with E-state index in [-0.39, 0.29) is 29.3 Å². The molecular formula is C21H22BrF3N6O4. The molecule has 0 radical (unpaired) electrons. The number of rotatable bonds is 4. The molecule has 4 rings (SSSR count). The van der Waals surface area contributed by atoms with E-state index in [0.717, 1.165) is 5.06 Å². The fraction of sp³-hybridized carbons (Fsp3) is 0.429. The van der Waals surface area contributed by atoms with Gasteiger partial charge in [0.1, 0.15) is 11.5 Å². The van der Waals surface area contributed by atoms with Gasteiger partial charge in [0, 0.05) is 30.8 Å². The van der Waals surface area contributed by atoms with Gasteiger partial charge in [0.2, 0.25) is 0 Å². The average Bonchev–Trinajstić information content (AvgIpc) is 3.08. The molecule has 2 unspecified atom stereocenters. The smallest absolute Gasteiger partial charge is 0.322 e. The third kappa shape index (κ3) is 5.12. The molecule has 0 fully saturated rings. The van der Waals surface area contributed by atoms with E-state index in [4.69, 9.17) is 4.84 Å². The molecule has 2 aromatic rings. The number of fused-ring (bicyclic) bond motifs is 3. The minimum absolute atomic E-state index is 0.0574. The van der Waals surface area contributed by atoms with E-state index in [0.29, 0.717) is 23.4 Å². The maximum atomic E-state index is 13.5. The number of hydrogen-bond donors (Lipinski definition) is 2. The summed E-state index contributed by atoms with van der Waals surface area (Å²) in [6.07, 6.45) is -3.64. The van der Waals surface area contributed by atoms with E-state index in [1.165, 1.54) is 34.8 Å². The van der Waals surface area contributed by atoms with Crippen LogP contribution in [-0.4, -0.2) is 69.8 Å². The van der Waals surface area contributed by atoms with Gasteiger partial charge < -0.3 is 15.5 Å². The molecule has 0 saturated heterocycles. The van der Waals surface area contributed by atoms with Crippen molar-refractivity contribution in [1.29, 1.82) is 0 Å². The number of alkyl halides is 2. The number of urea groups is 1. The maximum absolute atomic E-state index is 13.5. The highest BCUT2D eigenvalue weighted by atomic mass is 79.9. The van der Waals surface area contributed by atoms with Crippen LogP contribution in [0.25, 0.3) is 0 Å². The lowest BCUT2D eigenvalue weighted by Gasteiger charge is -2.33. The van der Waals surface area contributed by atoms with Crippen LogP contribution < -0.4 is 10.6 Å². The summed E-state index contributed by atoms with van der Waals surface area (Å²) in [5, 5.41) is 10.1. The first-order valence-corrected chi connectivity index (χ1v) is 11.5. The van der Waals surface area contributed by atoms with Crippen LogP contribution in [0.2, 0.25) is 0 Å². The number of nitrogens with one attached hydrogen (secondary N) is 2. The molecule has 1 aromatic heterocycles. The van der Waals surface area contributed by atoms with Crippen LogP contribution in [0.5, 0.6) is 0 Å². The van der Waals surface area contributed by atoms with Crippen LogP contribution >= 0.6 is 15.9 Å². The van der Waals surface area contributed by atoms with Gasteiger partial charge in [-0.15, -0.1) is 0 Å². The molecule has 35 heavy (non-hydrogen) atoms. The van der Waals surface area contributed by atoms with Crippen molar-refractivity contribution in [3.63, 3.8) is 0 Å². The maximum Gasteiger partial charge on any atom is 0.322 e. The zero-order chi connectivity index (χ0) is 25.4. The Morgan fingerprint density at radius 1 is 1.34 bits per heavy atom. The summed E-state index contributed by atoms with van der Waals surface area (Å²) in [5.74, 6) is -1.85. The Balaban J connectivity index is 1.57. The van der Waals surface area contributed by atoms with Crippen molar-refractivity contribution in [2.75, 3.05) is 18.9 Å². The Labute approximate surface area is 206 Å². The first-order chi connectivity index (χ1) is 16.5. The third-order valence-electron chi connectivity index (χ3n) is 5.75. The van der Waals surface area contributed by atoms with Gasteiger partial charge in [-0.25, -0.2) is 23.0 Å². The number of anilines is 1. The van der Waals surface area contributed by atoms with Crippen molar-refractivity contribution in [2.24, 2.45) is 0 Å². The topological polar surface area (TPSA) is 109 Å². The van der Waals surface area contributed by atoms with Gasteiger partial charge in [-0.05, 0) is 41.1 Å². The number of hydroxylamine groups is 2. The highest BCUT2D eigenvalue weighted by Crippen LogP contribution is 2.29. The van der Waals surface area contributed by atoms with Crippen LogP contribution in [0.4, 0.5) is 23.7 Å². The number of nitrogens with zero attached hydrogens (tertiary/aromatic N) is 4. The lowest BCUT2D eigenvalue weighted by Crippen LogP contribution is -2.45. The first-order valence-electron chi connectivity index (χ1n) is 10.7.